The van der Waals surface area contributed by atoms with Gasteiger partial charge in [-0.25, -0.2) is 0 Å². The van der Waals surface area contributed by atoms with Crippen LogP contribution in [-0.4, -0.2) is 44.8 Å². The van der Waals surface area contributed by atoms with Gasteiger partial charge in [0.25, 0.3) is 0 Å². The Hall–Kier alpha value is -2.77. The molecule has 0 spiro atoms. The Morgan fingerprint density at radius 3 is 1.97 bits per heavy atom. The molecule has 3 aromatic carbocycles. The third kappa shape index (κ3) is 4.24. The van der Waals surface area contributed by atoms with Crippen LogP contribution >= 0.6 is 0 Å². The molecule has 3 aromatic rings. The predicted molar refractivity (Wildman–Crippen MR) is 153 cm³/mol. The standard InChI is InChI=1S/C32H39NO4Si/c1-31(2,3)38(5,6)37-27-20-24(30(35)36-4)29(34)28(27)33-32(21-14-8-7-9-15-21)25-18-12-10-16-22(25)23-17-11-13-19-26(23)32/h7-19,24,27-29,33-34H,20H2,1-6H3/t24-,27-,28-,29+/m0/s1. The van der Waals surface area contributed by atoms with Gasteiger partial charge < -0.3 is 14.3 Å². The van der Waals surface area contributed by atoms with Crippen molar-refractivity contribution in [1.29, 1.82) is 0 Å². The molecule has 0 amide bonds. The lowest BCUT2D eigenvalue weighted by molar-refractivity contribution is -0.148. The van der Waals surface area contributed by atoms with Crippen molar-refractivity contribution in [2.75, 3.05) is 7.11 Å². The average Bonchev–Trinajstić information content (AvgIpc) is 3.36. The highest BCUT2D eigenvalue weighted by atomic mass is 28.4. The second-order valence-corrected chi connectivity index (χ2v) is 16.9. The molecule has 0 radical (unpaired) electrons. The molecule has 0 bridgehead atoms. The van der Waals surface area contributed by atoms with E-state index in [1.807, 2.05) is 18.2 Å². The number of esters is 1. The van der Waals surface area contributed by atoms with Crippen LogP contribution in [0.1, 0.15) is 43.9 Å². The lowest BCUT2D eigenvalue weighted by Gasteiger charge is -2.43. The van der Waals surface area contributed by atoms with Gasteiger partial charge in [-0.2, -0.15) is 0 Å². The fraction of sp³-hybridized carbons (Fsp3) is 0.406. The molecule has 200 valence electrons. The van der Waals surface area contributed by atoms with E-state index < -0.39 is 37.9 Å². The number of nitrogens with one attached hydrogen (secondary N) is 1. The summed E-state index contributed by atoms with van der Waals surface area (Å²) in [6.45, 7) is 11.1. The maximum Gasteiger partial charge on any atom is 0.311 e. The van der Waals surface area contributed by atoms with Crippen molar-refractivity contribution in [3.63, 3.8) is 0 Å². The summed E-state index contributed by atoms with van der Waals surface area (Å²) in [5.41, 5.74) is 4.95. The van der Waals surface area contributed by atoms with E-state index in [1.165, 1.54) is 18.2 Å². The lowest BCUT2D eigenvalue weighted by Crippen LogP contribution is -2.58. The molecule has 0 heterocycles. The van der Waals surface area contributed by atoms with Gasteiger partial charge in [-0.1, -0.05) is 99.6 Å². The van der Waals surface area contributed by atoms with E-state index in [2.05, 4.69) is 99.8 Å². The zero-order valence-electron chi connectivity index (χ0n) is 23.2. The molecule has 38 heavy (non-hydrogen) atoms. The maximum atomic E-state index is 12.8. The van der Waals surface area contributed by atoms with Gasteiger partial charge in [0.05, 0.1) is 36.8 Å². The number of rotatable bonds is 6. The molecular weight excluding hydrogens is 490 g/mol. The molecule has 2 aliphatic rings. The third-order valence-electron chi connectivity index (χ3n) is 8.97. The Morgan fingerprint density at radius 1 is 0.921 bits per heavy atom. The van der Waals surface area contributed by atoms with Crippen LogP contribution in [0.2, 0.25) is 18.1 Å². The van der Waals surface area contributed by atoms with E-state index in [0.717, 1.165) is 16.7 Å². The van der Waals surface area contributed by atoms with Crippen LogP contribution in [0, 0.1) is 5.92 Å². The largest absolute Gasteiger partial charge is 0.469 e. The topological polar surface area (TPSA) is 67.8 Å². The molecule has 4 atom stereocenters. The van der Waals surface area contributed by atoms with Crippen molar-refractivity contribution in [2.45, 2.75) is 69.1 Å². The van der Waals surface area contributed by atoms with Crippen LogP contribution in [0.25, 0.3) is 11.1 Å². The van der Waals surface area contributed by atoms with Crippen molar-refractivity contribution in [1.82, 2.24) is 5.32 Å². The molecule has 2 N–H and O–H groups in total. The minimum atomic E-state index is -2.22. The summed E-state index contributed by atoms with van der Waals surface area (Å²) in [6.07, 6.45) is -0.903. The molecule has 5 rings (SSSR count). The Kier molecular flexibility index (Phi) is 6.89. The number of aliphatic hydroxyl groups excluding tert-OH is 1. The zero-order valence-corrected chi connectivity index (χ0v) is 24.2. The van der Waals surface area contributed by atoms with Gasteiger partial charge in [-0.3, -0.25) is 10.1 Å². The number of hydrogen-bond donors (Lipinski definition) is 2. The SMILES string of the molecule is COC(=O)[C@H]1C[C@H](O[Si](C)(C)C(C)(C)C)[C@H](NC2(c3ccccc3)c3ccccc3-c3ccccc32)[C@@H]1O. The number of carbonyl (C=O) groups is 1. The summed E-state index contributed by atoms with van der Waals surface area (Å²) >= 11 is 0. The fourth-order valence-electron chi connectivity index (χ4n) is 5.97. The number of benzene rings is 3. The van der Waals surface area contributed by atoms with E-state index in [-0.39, 0.29) is 11.1 Å². The number of carbonyl (C=O) groups excluding carboxylic acids is 1. The molecule has 1 saturated carbocycles. The van der Waals surface area contributed by atoms with E-state index in [1.54, 1.807) is 0 Å². The Labute approximate surface area is 227 Å². The normalized spacial score (nSPS) is 24.1. The first kappa shape index (κ1) is 26.8. The molecule has 2 aliphatic carbocycles. The maximum absolute atomic E-state index is 12.8. The minimum absolute atomic E-state index is 0.0183. The highest BCUT2D eigenvalue weighted by Crippen LogP contribution is 2.52. The first-order valence-electron chi connectivity index (χ1n) is 13.5. The number of ether oxygens (including phenoxy) is 1. The number of fused-ring (bicyclic) bond motifs is 3. The summed E-state index contributed by atoms with van der Waals surface area (Å²) < 4.78 is 12.1. The van der Waals surface area contributed by atoms with Gasteiger partial charge >= 0.3 is 5.97 Å². The van der Waals surface area contributed by atoms with E-state index in [0.29, 0.717) is 6.42 Å². The van der Waals surface area contributed by atoms with Gasteiger partial charge in [-0.05, 0) is 52.4 Å². The molecule has 6 heteroatoms. The Bertz CT molecular complexity index is 1270. The van der Waals surface area contributed by atoms with Crippen LogP contribution in [0.3, 0.4) is 0 Å². The summed E-state index contributed by atoms with van der Waals surface area (Å²) in [4.78, 5) is 12.8. The van der Waals surface area contributed by atoms with Gasteiger partial charge in [-0.15, -0.1) is 0 Å². The summed E-state index contributed by atoms with van der Waals surface area (Å²) in [5, 5.41) is 15.6. The van der Waals surface area contributed by atoms with Crippen LogP contribution < -0.4 is 5.32 Å². The molecular formula is C32H39NO4Si. The number of hydrogen-bond acceptors (Lipinski definition) is 5. The second kappa shape index (κ2) is 9.76. The molecule has 5 nitrogen and oxygen atoms in total. The van der Waals surface area contributed by atoms with Crippen molar-refractivity contribution < 1.29 is 19.1 Å². The quantitative estimate of drug-likeness (QED) is 0.309. The highest BCUT2D eigenvalue weighted by molar-refractivity contribution is 6.74. The fourth-order valence-corrected chi connectivity index (χ4v) is 7.32. The first-order chi connectivity index (χ1) is 18.0. The van der Waals surface area contributed by atoms with Gasteiger partial charge in [0, 0.05) is 0 Å². The number of aliphatic hydroxyl groups is 1. The van der Waals surface area contributed by atoms with E-state index in [9.17, 15) is 9.90 Å². The van der Waals surface area contributed by atoms with Gasteiger partial charge in [0.15, 0.2) is 8.32 Å². The van der Waals surface area contributed by atoms with E-state index in [4.69, 9.17) is 9.16 Å². The number of methoxy groups -OCH3 is 1. The zero-order chi connectivity index (χ0) is 27.3. The monoisotopic (exact) mass is 529 g/mol. The second-order valence-electron chi connectivity index (χ2n) is 12.1. The minimum Gasteiger partial charge on any atom is -0.469 e. The summed E-state index contributed by atoms with van der Waals surface area (Å²) in [6, 6.07) is 26.8. The molecule has 1 fully saturated rings. The lowest BCUT2D eigenvalue weighted by atomic mass is 9.79. The molecule has 0 unspecified atom stereocenters. The third-order valence-corrected chi connectivity index (χ3v) is 13.5. The van der Waals surface area contributed by atoms with Gasteiger partial charge in [0.2, 0.25) is 0 Å². The average molecular weight is 530 g/mol. The van der Waals surface area contributed by atoms with Crippen molar-refractivity contribution in [3.05, 3.63) is 95.6 Å². The predicted octanol–water partition coefficient (Wildman–Crippen LogP) is 5.86. The van der Waals surface area contributed by atoms with Crippen LogP contribution in [0.4, 0.5) is 0 Å². The van der Waals surface area contributed by atoms with Crippen molar-refractivity contribution in [2.24, 2.45) is 5.92 Å². The smallest absolute Gasteiger partial charge is 0.311 e. The Morgan fingerprint density at radius 2 is 1.45 bits per heavy atom. The molecule has 0 aromatic heterocycles. The van der Waals surface area contributed by atoms with E-state index >= 15 is 0 Å². The first-order valence-corrected chi connectivity index (χ1v) is 16.4. The van der Waals surface area contributed by atoms with Crippen LogP contribution in [0.15, 0.2) is 78.9 Å². The Balaban J connectivity index is 1.68. The van der Waals surface area contributed by atoms with Gasteiger partial charge in [0.1, 0.15) is 0 Å². The highest BCUT2D eigenvalue weighted by Gasteiger charge is 2.55. The van der Waals surface area contributed by atoms with Crippen molar-refractivity contribution in [3.8, 4) is 11.1 Å². The molecule has 0 saturated heterocycles. The van der Waals surface area contributed by atoms with Crippen LogP contribution in [-0.2, 0) is 19.5 Å². The van der Waals surface area contributed by atoms with Crippen molar-refractivity contribution >= 4 is 14.3 Å². The molecule has 0 aliphatic heterocycles. The summed E-state index contributed by atoms with van der Waals surface area (Å²) in [7, 11) is -0.839. The van der Waals surface area contributed by atoms with Crippen LogP contribution in [0.5, 0.6) is 0 Å². The summed E-state index contributed by atoms with van der Waals surface area (Å²) in [5.74, 6) is -1.06.